The second-order valence-corrected chi connectivity index (χ2v) is 4.93. The van der Waals surface area contributed by atoms with E-state index in [0.29, 0.717) is 17.1 Å². The standard InChI is InChI=1S/C17H18O5/c1-11-7-15(19)16(20)8-17(11)22-10-13(9-18)12-3-5-14(21-2)6-4-12/h3-9,13,19-20H,10H2,1-2H3. The Balaban J connectivity index is 2.10. The van der Waals surface area contributed by atoms with Gasteiger partial charge in [0.1, 0.15) is 24.4 Å². The van der Waals surface area contributed by atoms with Crippen molar-refractivity contribution >= 4 is 6.29 Å². The van der Waals surface area contributed by atoms with Crippen molar-refractivity contribution in [2.24, 2.45) is 0 Å². The summed E-state index contributed by atoms with van der Waals surface area (Å²) in [5.74, 6) is 0.255. The molecule has 1 atom stereocenters. The summed E-state index contributed by atoms with van der Waals surface area (Å²) in [5, 5.41) is 18.9. The quantitative estimate of drug-likeness (QED) is 0.634. The van der Waals surface area contributed by atoms with Crippen LogP contribution in [0.1, 0.15) is 17.0 Å². The maximum atomic E-state index is 11.3. The maximum Gasteiger partial charge on any atom is 0.161 e. The first-order valence-electron chi connectivity index (χ1n) is 6.79. The number of ether oxygens (including phenoxy) is 2. The molecule has 0 aliphatic rings. The Morgan fingerprint density at radius 1 is 1.14 bits per heavy atom. The molecule has 0 saturated carbocycles. The van der Waals surface area contributed by atoms with E-state index in [9.17, 15) is 15.0 Å². The van der Waals surface area contributed by atoms with Gasteiger partial charge in [-0.1, -0.05) is 12.1 Å². The number of carbonyl (C=O) groups is 1. The van der Waals surface area contributed by atoms with Gasteiger partial charge in [0, 0.05) is 6.07 Å². The molecule has 5 nitrogen and oxygen atoms in total. The van der Waals surface area contributed by atoms with Gasteiger partial charge in [-0.05, 0) is 36.2 Å². The molecule has 5 heteroatoms. The molecule has 0 fully saturated rings. The van der Waals surface area contributed by atoms with Gasteiger partial charge in [0.15, 0.2) is 11.5 Å². The van der Waals surface area contributed by atoms with Crippen LogP contribution in [-0.4, -0.2) is 30.2 Å². The van der Waals surface area contributed by atoms with Crippen LogP contribution in [0.5, 0.6) is 23.0 Å². The van der Waals surface area contributed by atoms with Gasteiger partial charge in [-0.2, -0.15) is 0 Å². The fraction of sp³-hybridized carbons (Fsp3) is 0.235. The molecule has 1 unspecified atom stereocenters. The van der Waals surface area contributed by atoms with Gasteiger partial charge in [-0.15, -0.1) is 0 Å². The number of benzene rings is 2. The molecule has 2 aromatic carbocycles. The van der Waals surface area contributed by atoms with Crippen LogP contribution in [0.15, 0.2) is 36.4 Å². The van der Waals surface area contributed by atoms with Crippen molar-refractivity contribution in [3.05, 3.63) is 47.5 Å². The molecule has 0 amide bonds. The highest BCUT2D eigenvalue weighted by Crippen LogP contribution is 2.33. The van der Waals surface area contributed by atoms with Crippen LogP contribution in [0, 0.1) is 6.92 Å². The van der Waals surface area contributed by atoms with E-state index in [0.717, 1.165) is 11.8 Å². The first kappa shape index (κ1) is 15.7. The van der Waals surface area contributed by atoms with E-state index < -0.39 is 5.92 Å². The number of carbonyl (C=O) groups excluding carboxylic acids is 1. The van der Waals surface area contributed by atoms with Crippen molar-refractivity contribution in [2.75, 3.05) is 13.7 Å². The lowest BCUT2D eigenvalue weighted by atomic mass is 10.0. The molecule has 2 aromatic rings. The number of phenolic OH excluding ortho intramolecular Hbond substituents is 2. The van der Waals surface area contributed by atoms with E-state index in [1.165, 1.54) is 12.1 Å². The predicted octanol–water partition coefficient (Wildman–Crippen LogP) is 2.78. The zero-order chi connectivity index (χ0) is 16.1. The van der Waals surface area contributed by atoms with Crippen LogP contribution in [-0.2, 0) is 4.79 Å². The summed E-state index contributed by atoms with van der Waals surface area (Å²) >= 11 is 0. The van der Waals surface area contributed by atoms with E-state index in [4.69, 9.17) is 9.47 Å². The summed E-state index contributed by atoms with van der Waals surface area (Å²) in [6.45, 7) is 1.89. The van der Waals surface area contributed by atoms with E-state index in [2.05, 4.69) is 0 Å². The predicted molar refractivity (Wildman–Crippen MR) is 81.8 cm³/mol. The second kappa shape index (κ2) is 6.85. The molecule has 0 aromatic heterocycles. The van der Waals surface area contributed by atoms with Gasteiger partial charge < -0.3 is 24.5 Å². The van der Waals surface area contributed by atoms with Crippen LogP contribution in [0.25, 0.3) is 0 Å². The summed E-state index contributed by atoms with van der Waals surface area (Å²) in [6.07, 6.45) is 0.817. The third-order valence-corrected chi connectivity index (χ3v) is 3.40. The summed E-state index contributed by atoms with van der Waals surface area (Å²) in [4.78, 5) is 11.3. The Morgan fingerprint density at radius 2 is 1.77 bits per heavy atom. The molecule has 0 radical (unpaired) electrons. The van der Waals surface area contributed by atoms with Crippen LogP contribution < -0.4 is 9.47 Å². The molecule has 2 rings (SSSR count). The zero-order valence-electron chi connectivity index (χ0n) is 12.4. The number of aromatic hydroxyl groups is 2. The molecule has 0 aliphatic carbocycles. The Bertz CT molecular complexity index is 649. The van der Waals surface area contributed by atoms with E-state index in [1.807, 2.05) is 12.1 Å². The van der Waals surface area contributed by atoms with Crippen LogP contribution in [0.3, 0.4) is 0 Å². The Hall–Kier alpha value is -2.69. The van der Waals surface area contributed by atoms with Crippen molar-refractivity contribution in [2.45, 2.75) is 12.8 Å². The normalized spacial score (nSPS) is 11.7. The average molecular weight is 302 g/mol. The van der Waals surface area contributed by atoms with Gasteiger partial charge in [-0.3, -0.25) is 0 Å². The Morgan fingerprint density at radius 3 is 2.36 bits per heavy atom. The molecule has 0 heterocycles. The van der Waals surface area contributed by atoms with Crippen LogP contribution in [0.2, 0.25) is 0 Å². The highest BCUT2D eigenvalue weighted by atomic mass is 16.5. The number of hydrogen-bond donors (Lipinski definition) is 2. The van der Waals surface area contributed by atoms with Gasteiger partial charge in [0.05, 0.1) is 13.0 Å². The van der Waals surface area contributed by atoms with E-state index in [1.54, 1.807) is 26.2 Å². The third kappa shape index (κ3) is 3.49. The van der Waals surface area contributed by atoms with Crippen molar-refractivity contribution in [3.63, 3.8) is 0 Å². The number of aldehydes is 1. The largest absolute Gasteiger partial charge is 0.504 e. The number of aryl methyl sites for hydroxylation is 1. The van der Waals surface area contributed by atoms with Crippen LogP contribution >= 0.6 is 0 Å². The molecule has 116 valence electrons. The third-order valence-electron chi connectivity index (χ3n) is 3.40. The molecule has 22 heavy (non-hydrogen) atoms. The average Bonchev–Trinajstić information content (AvgIpc) is 2.53. The molecular weight excluding hydrogens is 284 g/mol. The first-order valence-corrected chi connectivity index (χ1v) is 6.79. The zero-order valence-corrected chi connectivity index (χ0v) is 12.4. The molecule has 2 N–H and O–H groups in total. The Kier molecular flexibility index (Phi) is 4.88. The molecule has 0 bridgehead atoms. The van der Waals surface area contributed by atoms with Crippen molar-refractivity contribution < 1.29 is 24.5 Å². The maximum absolute atomic E-state index is 11.3. The van der Waals surface area contributed by atoms with Crippen molar-refractivity contribution in [1.82, 2.24) is 0 Å². The lowest BCUT2D eigenvalue weighted by Gasteiger charge is -2.15. The van der Waals surface area contributed by atoms with Gasteiger partial charge >= 0.3 is 0 Å². The Labute approximate surface area is 128 Å². The number of methoxy groups -OCH3 is 1. The summed E-state index contributed by atoms with van der Waals surface area (Å²) in [7, 11) is 1.58. The molecule has 0 aliphatic heterocycles. The highest BCUT2D eigenvalue weighted by molar-refractivity contribution is 5.62. The summed E-state index contributed by atoms with van der Waals surface area (Å²) < 4.78 is 10.7. The number of rotatable bonds is 6. The lowest BCUT2D eigenvalue weighted by Crippen LogP contribution is -2.12. The summed E-state index contributed by atoms with van der Waals surface area (Å²) in [6, 6.07) is 9.92. The molecular formula is C17H18O5. The smallest absolute Gasteiger partial charge is 0.161 e. The van der Waals surface area contributed by atoms with E-state index >= 15 is 0 Å². The fourth-order valence-electron chi connectivity index (χ4n) is 2.06. The lowest BCUT2D eigenvalue weighted by molar-refractivity contribution is -0.109. The topological polar surface area (TPSA) is 76.0 Å². The minimum atomic E-state index is -0.429. The highest BCUT2D eigenvalue weighted by Gasteiger charge is 2.13. The fourth-order valence-corrected chi connectivity index (χ4v) is 2.06. The number of phenols is 2. The van der Waals surface area contributed by atoms with Gasteiger partial charge in [0.25, 0.3) is 0 Å². The summed E-state index contributed by atoms with van der Waals surface area (Å²) in [5.41, 5.74) is 1.49. The second-order valence-electron chi connectivity index (χ2n) is 4.93. The van der Waals surface area contributed by atoms with Crippen LogP contribution in [0.4, 0.5) is 0 Å². The number of hydrogen-bond acceptors (Lipinski definition) is 5. The monoisotopic (exact) mass is 302 g/mol. The van der Waals surface area contributed by atoms with Gasteiger partial charge in [0.2, 0.25) is 0 Å². The first-order chi connectivity index (χ1) is 10.5. The van der Waals surface area contributed by atoms with E-state index in [-0.39, 0.29) is 18.1 Å². The minimum Gasteiger partial charge on any atom is -0.504 e. The molecule has 0 saturated heterocycles. The molecule has 0 spiro atoms. The SMILES string of the molecule is COc1ccc(C(C=O)COc2cc(O)c(O)cc2C)cc1. The van der Waals surface area contributed by atoms with Crippen molar-refractivity contribution in [3.8, 4) is 23.0 Å². The van der Waals surface area contributed by atoms with Gasteiger partial charge in [-0.25, -0.2) is 0 Å². The minimum absolute atomic E-state index is 0.140. The van der Waals surface area contributed by atoms with Crippen molar-refractivity contribution in [1.29, 1.82) is 0 Å².